The molecule has 3 aliphatic heterocycles. The molecule has 3 aliphatic rings. The van der Waals surface area contributed by atoms with Crippen LogP contribution in [0.4, 0.5) is 23.7 Å². The first kappa shape index (κ1) is 41.0. The number of alkyl halides is 3. The van der Waals surface area contributed by atoms with E-state index in [2.05, 4.69) is 20.6 Å². The third-order valence-corrected chi connectivity index (χ3v) is 10.9. The van der Waals surface area contributed by atoms with Crippen LogP contribution < -0.4 is 15.6 Å². The Hall–Kier alpha value is -5.15. The molecule has 5 heterocycles. The number of fused-ring (bicyclic) bond motifs is 6. The van der Waals surface area contributed by atoms with Gasteiger partial charge in [0.05, 0.1) is 30.7 Å². The molecule has 0 saturated carbocycles. The van der Waals surface area contributed by atoms with Gasteiger partial charge < -0.3 is 29.0 Å². The molecule has 12 nitrogen and oxygen atoms in total. The number of carbonyl (C=O) groups is 3. The summed E-state index contributed by atoms with van der Waals surface area (Å²) in [5.74, 6) is -1.08. The monoisotopic (exact) mass is 804 g/mol. The summed E-state index contributed by atoms with van der Waals surface area (Å²) in [5.41, 5.74) is 6.73. The fourth-order valence-electron chi connectivity index (χ4n) is 8.20. The zero-order valence-corrected chi connectivity index (χ0v) is 33.3. The predicted molar refractivity (Wildman–Crippen MR) is 212 cm³/mol. The van der Waals surface area contributed by atoms with E-state index in [0.29, 0.717) is 72.5 Å². The Kier molecular flexibility index (Phi) is 12.0. The number of anilines is 1. The molecule has 7 rings (SSSR count). The van der Waals surface area contributed by atoms with E-state index < -0.39 is 54.3 Å². The van der Waals surface area contributed by atoms with E-state index in [1.54, 1.807) is 18.3 Å². The number of ether oxygens (including phenoxy) is 3. The fraction of sp³-hybridized carbons (Fsp3) is 0.488. The van der Waals surface area contributed by atoms with Crippen molar-refractivity contribution in [3.05, 3.63) is 83.7 Å². The molecule has 0 unspecified atom stereocenters. The lowest BCUT2D eigenvalue weighted by Crippen LogP contribution is -2.61. The number of aromatic nitrogens is 2. The van der Waals surface area contributed by atoms with Crippen LogP contribution in [0.25, 0.3) is 22.2 Å². The molecule has 2 aromatic carbocycles. The standard InChI is InChI=1S/C43H51F3N6O6/c1-27(2)37-31(12-8-16-47-37)38-33-22-42(3,4)26-58-40(54)34-13-9-17-52(49-34)39(53)35(48-41(55)57-24-28-10-6-5-7-11-28)21-30-23-50(18-19-56-30)29-14-15-36(32(33)20-29)51(38)25-43(44,45)46/h5-8,10-12,14-16,20,27,30,34-35,49H,9,13,17-19,21-26H2,1-4H3,(H,48,55)/t30-,34-,35-/m0/s1. The van der Waals surface area contributed by atoms with Crippen molar-refractivity contribution in [2.45, 2.75) is 96.8 Å². The molecule has 15 heteroatoms. The number of halogens is 3. The lowest BCUT2D eigenvalue weighted by Gasteiger charge is -2.38. The van der Waals surface area contributed by atoms with Gasteiger partial charge in [-0.1, -0.05) is 58.0 Å². The van der Waals surface area contributed by atoms with E-state index in [1.165, 1.54) is 9.58 Å². The van der Waals surface area contributed by atoms with Crippen LogP contribution in [0.3, 0.4) is 0 Å². The van der Waals surface area contributed by atoms with Crippen LogP contribution in [0.2, 0.25) is 0 Å². The van der Waals surface area contributed by atoms with Crippen LogP contribution in [0.5, 0.6) is 0 Å². The summed E-state index contributed by atoms with van der Waals surface area (Å²) in [5, 5.41) is 4.77. The van der Waals surface area contributed by atoms with Gasteiger partial charge in [-0.3, -0.25) is 19.6 Å². The Morgan fingerprint density at radius 2 is 1.88 bits per heavy atom. The molecule has 6 bridgehead atoms. The smallest absolute Gasteiger partial charge is 0.408 e. The first-order valence-corrected chi connectivity index (χ1v) is 19.9. The Balaban J connectivity index is 1.30. The Labute approximate surface area is 336 Å². The molecule has 4 aromatic rings. The van der Waals surface area contributed by atoms with Crippen molar-refractivity contribution in [2.24, 2.45) is 5.41 Å². The minimum absolute atomic E-state index is 0.00393. The van der Waals surface area contributed by atoms with Gasteiger partial charge in [0, 0.05) is 59.8 Å². The minimum Gasteiger partial charge on any atom is -0.464 e. The maximum absolute atomic E-state index is 14.5. The van der Waals surface area contributed by atoms with Crippen molar-refractivity contribution in [3.8, 4) is 11.3 Å². The number of pyridine rings is 1. The van der Waals surface area contributed by atoms with Crippen LogP contribution >= 0.6 is 0 Å². The second-order valence-electron chi connectivity index (χ2n) is 16.5. The minimum atomic E-state index is -4.53. The van der Waals surface area contributed by atoms with Gasteiger partial charge in [0.25, 0.3) is 5.91 Å². The highest BCUT2D eigenvalue weighted by atomic mass is 19.4. The van der Waals surface area contributed by atoms with E-state index in [9.17, 15) is 27.6 Å². The molecule has 0 aliphatic carbocycles. The van der Waals surface area contributed by atoms with Crippen LogP contribution in [-0.4, -0.2) is 89.7 Å². The molecule has 0 spiro atoms. The molecule has 2 N–H and O–H groups in total. The van der Waals surface area contributed by atoms with Crippen molar-refractivity contribution in [3.63, 3.8) is 0 Å². The molecule has 310 valence electrons. The number of esters is 1. The summed E-state index contributed by atoms with van der Waals surface area (Å²) in [6.45, 7) is 8.00. The number of rotatable bonds is 6. The van der Waals surface area contributed by atoms with E-state index in [-0.39, 0.29) is 32.0 Å². The van der Waals surface area contributed by atoms with Gasteiger partial charge in [0.2, 0.25) is 0 Å². The Morgan fingerprint density at radius 3 is 2.64 bits per heavy atom. The quantitative estimate of drug-likeness (QED) is 0.200. The normalized spacial score (nSPS) is 21.8. The van der Waals surface area contributed by atoms with Gasteiger partial charge in [0.1, 0.15) is 25.2 Å². The average Bonchev–Trinajstić information content (AvgIpc) is 3.48. The van der Waals surface area contributed by atoms with Crippen LogP contribution in [-0.2, 0) is 43.4 Å². The second kappa shape index (κ2) is 17.0. The Morgan fingerprint density at radius 1 is 1.09 bits per heavy atom. The number of morpholine rings is 1. The van der Waals surface area contributed by atoms with Crippen molar-refractivity contribution in [2.75, 3.05) is 37.7 Å². The number of alkyl carbamates (subject to hydrolysis) is 1. The number of hydrogen-bond acceptors (Lipinski definition) is 9. The van der Waals surface area contributed by atoms with Crippen molar-refractivity contribution < 1.29 is 41.8 Å². The molecule has 2 aromatic heterocycles. The van der Waals surface area contributed by atoms with Crippen LogP contribution in [0.1, 0.15) is 69.7 Å². The zero-order valence-electron chi connectivity index (χ0n) is 33.3. The molecular formula is C43H51F3N6O6. The molecule has 2 saturated heterocycles. The van der Waals surface area contributed by atoms with Gasteiger partial charge in [-0.25, -0.2) is 10.2 Å². The molecule has 0 radical (unpaired) electrons. The van der Waals surface area contributed by atoms with E-state index in [1.807, 2.05) is 76.2 Å². The summed E-state index contributed by atoms with van der Waals surface area (Å²) >= 11 is 0. The van der Waals surface area contributed by atoms with E-state index >= 15 is 0 Å². The number of nitrogens with one attached hydrogen (secondary N) is 2. The number of nitrogens with zero attached hydrogens (tertiary/aromatic N) is 4. The molecular weight excluding hydrogens is 754 g/mol. The lowest BCUT2D eigenvalue weighted by atomic mass is 9.84. The second-order valence-corrected chi connectivity index (χ2v) is 16.5. The molecule has 2 amide bonds. The van der Waals surface area contributed by atoms with Gasteiger partial charge >= 0.3 is 18.2 Å². The number of cyclic esters (lactones) is 1. The highest BCUT2D eigenvalue weighted by Gasteiger charge is 2.38. The summed E-state index contributed by atoms with van der Waals surface area (Å²) in [4.78, 5) is 47.7. The first-order chi connectivity index (χ1) is 27.7. The number of hydrogen-bond donors (Lipinski definition) is 2. The SMILES string of the molecule is CC(C)c1ncccc1-c1c2c3cc(ccc3n1CC(F)(F)F)N1CCO[C@@H](C[C@H](NC(=O)OCc3ccccc3)C(=O)N3CCC[C@H](N3)C(=O)OCC(C)(C)C2)C1. The first-order valence-electron chi connectivity index (χ1n) is 19.9. The summed E-state index contributed by atoms with van der Waals surface area (Å²) in [6, 6.07) is 16.3. The maximum atomic E-state index is 14.5. The number of benzene rings is 2. The lowest BCUT2D eigenvalue weighted by molar-refractivity contribution is -0.155. The van der Waals surface area contributed by atoms with Gasteiger partial charge in [-0.2, -0.15) is 13.2 Å². The Bertz CT molecular complexity index is 2120. The molecule has 3 atom stereocenters. The zero-order chi connectivity index (χ0) is 41.2. The topological polar surface area (TPSA) is 127 Å². The highest BCUT2D eigenvalue weighted by molar-refractivity contribution is 5.95. The maximum Gasteiger partial charge on any atom is 0.408 e. The third kappa shape index (κ3) is 9.42. The van der Waals surface area contributed by atoms with Gasteiger partial charge in [0.15, 0.2) is 0 Å². The average molecular weight is 805 g/mol. The molecule has 58 heavy (non-hydrogen) atoms. The third-order valence-electron chi connectivity index (χ3n) is 10.9. The van der Waals surface area contributed by atoms with Crippen LogP contribution in [0, 0.1) is 5.41 Å². The summed E-state index contributed by atoms with van der Waals surface area (Å²) in [7, 11) is 0. The van der Waals surface area contributed by atoms with Gasteiger partial charge in [-0.15, -0.1) is 0 Å². The fourth-order valence-corrected chi connectivity index (χ4v) is 8.20. The van der Waals surface area contributed by atoms with E-state index in [0.717, 1.165) is 11.3 Å². The van der Waals surface area contributed by atoms with Crippen molar-refractivity contribution in [1.82, 2.24) is 25.3 Å². The summed E-state index contributed by atoms with van der Waals surface area (Å²) < 4.78 is 62.5. The highest BCUT2D eigenvalue weighted by Crippen LogP contribution is 2.43. The largest absolute Gasteiger partial charge is 0.464 e. The summed E-state index contributed by atoms with van der Waals surface area (Å²) in [6.07, 6.45) is -2.87. The van der Waals surface area contributed by atoms with Gasteiger partial charge in [-0.05, 0) is 66.6 Å². The van der Waals surface area contributed by atoms with Crippen LogP contribution in [0.15, 0.2) is 66.9 Å². The number of hydrazine groups is 1. The number of amides is 2. The van der Waals surface area contributed by atoms with Crippen molar-refractivity contribution in [1.29, 1.82) is 0 Å². The van der Waals surface area contributed by atoms with E-state index in [4.69, 9.17) is 14.2 Å². The number of carbonyl (C=O) groups excluding carboxylic acids is 3. The predicted octanol–water partition coefficient (Wildman–Crippen LogP) is 6.90. The van der Waals surface area contributed by atoms with Crippen molar-refractivity contribution >= 4 is 34.6 Å². The molecule has 2 fully saturated rings.